The molecule has 0 spiro atoms. The normalized spacial score (nSPS) is 22.0. The van der Waals surface area contributed by atoms with E-state index in [1.165, 1.54) is 12.0 Å². The average molecular weight is 229 g/mol. The fourth-order valence-electron chi connectivity index (χ4n) is 1.71. The van der Waals surface area contributed by atoms with Crippen molar-refractivity contribution < 1.29 is 4.39 Å². The molecular formula is C10H10BrF. The van der Waals surface area contributed by atoms with Gasteiger partial charge in [-0.25, -0.2) is 4.39 Å². The van der Waals surface area contributed by atoms with Crippen LogP contribution in [0.2, 0.25) is 0 Å². The SMILES string of the molecule is Fc1ccc2c(c1)C(Br)CCC2. The minimum Gasteiger partial charge on any atom is -0.207 e. The molecule has 1 aromatic carbocycles. The highest BCUT2D eigenvalue weighted by Gasteiger charge is 2.17. The van der Waals surface area contributed by atoms with Crippen LogP contribution in [-0.4, -0.2) is 0 Å². The number of hydrogen-bond acceptors (Lipinski definition) is 0. The molecule has 0 fully saturated rings. The number of hydrogen-bond donors (Lipinski definition) is 0. The molecule has 1 aromatic rings. The first-order chi connectivity index (χ1) is 5.77. The van der Waals surface area contributed by atoms with Crippen LogP contribution in [0.25, 0.3) is 0 Å². The lowest BCUT2D eigenvalue weighted by Gasteiger charge is -2.20. The molecular weight excluding hydrogens is 219 g/mol. The maximum Gasteiger partial charge on any atom is 0.123 e. The number of benzene rings is 1. The minimum absolute atomic E-state index is 0.125. The van der Waals surface area contributed by atoms with Gasteiger partial charge < -0.3 is 0 Å². The van der Waals surface area contributed by atoms with Gasteiger partial charge in [-0.15, -0.1) is 0 Å². The molecule has 2 rings (SSSR count). The van der Waals surface area contributed by atoms with Crippen LogP contribution in [0, 0.1) is 5.82 Å². The van der Waals surface area contributed by atoms with E-state index in [2.05, 4.69) is 15.9 Å². The Morgan fingerprint density at radius 1 is 1.42 bits per heavy atom. The summed E-state index contributed by atoms with van der Waals surface area (Å²) < 4.78 is 12.8. The van der Waals surface area contributed by atoms with Crippen molar-refractivity contribution in [1.82, 2.24) is 0 Å². The second kappa shape index (κ2) is 3.17. The third-order valence-electron chi connectivity index (χ3n) is 2.35. The van der Waals surface area contributed by atoms with Crippen molar-refractivity contribution >= 4 is 15.9 Å². The zero-order chi connectivity index (χ0) is 8.55. The van der Waals surface area contributed by atoms with E-state index in [1.54, 1.807) is 12.1 Å². The number of fused-ring (bicyclic) bond motifs is 1. The summed E-state index contributed by atoms with van der Waals surface area (Å²) in [5.41, 5.74) is 2.44. The monoisotopic (exact) mass is 228 g/mol. The van der Waals surface area contributed by atoms with Gasteiger partial charge in [0, 0.05) is 4.83 Å². The largest absolute Gasteiger partial charge is 0.207 e. The van der Waals surface area contributed by atoms with Gasteiger partial charge in [0.25, 0.3) is 0 Å². The zero-order valence-electron chi connectivity index (χ0n) is 6.69. The van der Waals surface area contributed by atoms with E-state index in [0.29, 0.717) is 4.83 Å². The van der Waals surface area contributed by atoms with Gasteiger partial charge in [0.15, 0.2) is 0 Å². The molecule has 1 aliphatic carbocycles. The molecule has 0 aromatic heterocycles. The second-order valence-electron chi connectivity index (χ2n) is 3.20. The Morgan fingerprint density at radius 2 is 2.25 bits per heavy atom. The maximum atomic E-state index is 12.8. The van der Waals surface area contributed by atoms with E-state index in [9.17, 15) is 4.39 Å². The van der Waals surface area contributed by atoms with Crippen LogP contribution in [0.5, 0.6) is 0 Å². The fourth-order valence-corrected chi connectivity index (χ4v) is 2.46. The lowest BCUT2D eigenvalue weighted by molar-refractivity contribution is 0.613. The Morgan fingerprint density at radius 3 is 3.08 bits per heavy atom. The number of alkyl halides is 1. The predicted molar refractivity (Wildman–Crippen MR) is 51.0 cm³/mol. The molecule has 64 valence electrons. The van der Waals surface area contributed by atoms with Crippen LogP contribution >= 0.6 is 15.9 Å². The van der Waals surface area contributed by atoms with Crippen LogP contribution in [-0.2, 0) is 6.42 Å². The Hall–Kier alpha value is -0.370. The van der Waals surface area contributed by atoms with E-state index in [-0.39, 0.29) is 5.82 Å². The summed E-state index contributed by atoms with van der Waals surface area (Å²) >= 11 is 3.55. The molecule has 1 unspecified atom stereocenters. The number of rotatable bonds is 0. The van der Waals surface area contributed by atoms with Crippen molar-refractivity contribution in [2.45, 2.75) is 24.1 Å². The summed E-state index contributed by atoms with van der Waals surface area (Å²) in [6, 6.07) is 5.09. The van der Waals surface area contributed by atoms with E-state index < -0.39 is 0 Å². The third-order valence-corrected chi connectivity index (χ3v) is 3.30. The smallest absolute Gasteiger partial charge is 0.123 e. The first-order valence-electron chi connectivity index (χ1n) is 4.20. The standard InChI is InChI=1S/C10H10BrF/c11-10-3-1-2-7-4-5-8(12)6-9(7)10/h4-6,10H,1-3H2. The molecule has 0 aliphatic heterocycles. The fraction of sp³-hybridized carbons (Fsp3) is 0.400. The van der Waals surface area contributed by atoms with E-state index in [0.717, 1.165) is 18.4 Å². The van der Waals surface area contributed by atoms with Crippen molar-refractivity contribution in [3.63, 3.8) is 0 Å². The van der Waals surface area contributed by atoms with Crippen LogP contribution in [0.3, 0.4) is 0 Å². The van der Waals surface area contributed by atoms with Gasteiger partial charge in [-0.1, -0.05) is 22.0 Å². The molecule has 0 heterocycles. The summed E-state index contributed by atoms with van der Waals surface area (Å²) in [5, 5.41) is 0. The molecule has 0 saturated carbocycles. The Bertz CT molecular complexity index is 296. The van der Waals surface area contributed by atoms with Gasteiger partial charge in [0.05, 0.1) is 0 Å². The summed E-state index contributed by atoms with van der Waals surface area (Å²) in [6.07, 6.45) is 3.42. The number of aryl methyl sites for hydroxylation is 1. The first-order valence-corrected chi connectivity index (χ1v) is 5.11. The predicted octanol–water partition coefficient (Wildman–Crippen LogP) is 3.60. The highest BCUT2D eigenvalue weighted by atomic mass is 79.9. The molecule has 0 saturated heterocycles. The first kappa shape index (κ1) is 8.24. The quantitative estimate of drug-likeness (QED) is 0.596. The maximum absolute atomic E-state index is 12.8. The molecule has 1 aliphatic rings. The summed E-state index contributed by atoms with van der Waals surface area (Å²) in [6.45, 7) is 0. The van der Waals surface area contributed by atoms with Gasteiger partial charge in [-0.3, -0.25) is 0 Å². The Balaban J connectivity index is 2.47. The van der Waals surface area contributed by atoms with Gasteiger partial charge in [0.2, 0.25) is 0 Å². The van der Waals surface area contributed by atoms with Crippen LogP contribution in [0.15, 0.2) is 18.2 Å². The van der Waals surface area contributed by atoms with Gasteiger partial charge in [-0.2, -0.15) is 0 Å². The van der Waals surface area contributed by atoms with Crippen molar-refractivity contribution in [3.8, 4) is 0 Å². The lowest BCUT2D eigenvalue weighted by Crippen LogP contribution is -2.04. The van der Waals surface area contributed by atoms with E-state index in [1.807, 2.05) is 6.07 Å². The van der Waals surface area contributed by atoms with Crippen molar-refractivity contribution in [2.24, 2.45) is 0 Å². The summed E-state index contributed by atoms with van der Waals surface area (Å²) in [7, 11) is 0. The van der Waals surface area contributed by atoms with Gasteiger partial charge in [-0.05, 0) is 42.5 Å². The Labute approximate surface area is 79.9 Å². The third kappa shape index (κ3) is 1.40. The average Bonchev–Trinajstić information content (AvgIpc) is 2.07. The van der Waals surface area contributed by atoms with Crippen molar-refractivity contribution in [3.05, 3.63) is 35.1 Å². The molecule has 12 heavy (non-hydrogen) atoms. The molecule has 0 amide bonds. The van der Waals surface area contributed by atoms with Crippen molar-refractivity contribution in [2.75, 3.05) is 0 Å². The zero-order valence-corrected chi connectivity index (χ0v) is 8.27. The van der Waals surface area contributed by atoms with Gasteiger partial charge >= 0.3 is 0 Å². The van der Waals surface area contributed by atoms with E-state index >= 15 is 0 Å². The summed E-state index contributed by atoms with van der Waals surface area (Å²) in [4.78, 5) is 0.358. The Kier molecular flexibility index (Phi) is 2.18. The molecule has 0 radical (unpaired) electrons. The second-order valence-corrected chi connectivity index (χ2v) is 4.31. The van der Waals surface area contributed by atoms with Crippen LogP contribution < -0.4 is 0 Å². The summed E-state index contributed by atoms with van der Waals surface area (Å²) in [5.74, 6) is -0.125. The molecule has 0 nitrogen and oxygen atoms in total. The topological polar surface area (TPSA) is 0 Å². The van der Waals surface area contributed by atoms with Crippen molar-refractivity contribution in [1.29, 1.82) is 0 Å². The van der Waals surface area contributed by atoms with E-state index in [4.69, 9.17) is 0 Å². The molecule has 1 atom stereocenters. The van der Waals surface area contributed by atoms with Crippen LogP contribution in [0.1, 0.15) is 28.8 Å². The number of halogens is 2. The minimum atomic E-state index is -0.125. The highest BCUT2D eigenvalue weighted by Crippen LogP contribution is 2.35. The molecule has 0 N–H and O–H groups in total. The molecule has 0 bridgehead atoms. The van der Waals surface area contributed by atoms with Gasteiger partial charge in [0.1, 0.15) is 5.82 Å². The highest BCUT2D eigenvalue weighted by molar-refractivity contribution is 9.09. The lowest BCUT2D eigenvalue weighted by atomic mass is 9.92. The van der Waals surface area contributed by atoms with Crippen LogP contribution in [0.4, 0.5) is 4.39 Å². The molecule has 2 heteroatoms.